The topological polar surface area (TPSA) is 35.5 Å². The molecule has 13 heavy (non-hydrogen) atoms. The molecule has 0 aliphatic heterocycles. The zero-order valence-electron chi connectivity index (χ0n) is 7.12. The molecule has 1 aromatic carbocycles. The van der Waals surface area contributed by atoms with Crippen molar-refractivity contribution in [3.63, 3.8) is 0 Å². The second-order valence-corrected chi connectivity index (χ2v) is 3.11. The lowest BCUT2D eigenvalue weighted by atomic mass is 10.2. The molecule has 0 aliphatic carbocycles. The standard InChI is InChI=1S/C9H9BrO3/c1-2-12-13-9(11)7-5-3-4-6-8(7)10/h3-6H,2H2,1H3. The van der Waals surface area contributed by atoms with Crippen molar-refractivity contribution < 1.29 is 14.6 Å². The Kier molecular flexibility index (Phi) is 3.92. The summed E-state index contributed by atoms with van der Waals surface area (Å²) in [5.41, 5.74) is 0.455. The van der Waals surface area contributed by atoms with Crippen molar-refractivity contribution >= 4 is 21.9 Å². The van der Waals surface area contributed by atoms with E-state index in [1.807, 2.05) is 6.07 Å². The van der Waals surface area contributed by atoms with Gasteiger partial charge in [-0.3, -0.25) is 4.89 Å². The van der Waals surface area contributed by atoms with E-state index < -0.39 is 5.97 Å². The molecule has 0 amide bonds. The summed E-state index contributed by atoms with van der Waals surface area (Å²) in [5.74, 6) is -0.491. The first-order valence-corrected chi connectivity index (χ1v) is 4.63. The Labute approximate surface area is 84.7 Å². The fourth-order valence-electron chi connectivity index (χ4n) is 0.784. The maximum atomic E-state index is 11.2. The Hall–Kier alpha value is -0.870. The highest BCUT2D eigenvalue weighted by Crippen LogP contribution is 2.16. The molecule has 0 aliphatic rings. The normalized spacial score (nSPS) is 9.69. The van der Waals surface area contributed by atoms with Crippen LogP contribution in [0.15, 0.2) is 28.7 Å². The maximum absolute atomic E-state index is 11.2. The van der Waals surface area contributed by atoms with Gasteiger partial charge in [-0.1, -0.05) is 12.1 Å². The third-order valence-corrected chi connectivity index (χ3v) is 2.04. The fourth-order valence-corrected chi connectivity index (χ4v) is 1.23. The molecule has 0 unspecified atom stereocenters. The van der Waals surface area contributed by atoms with E-state index >= 15 is 0 Å². The molecule has 4 heteroatoms. The van der Waals surface area contributed by atoms with Gasteiger partial charge in [0.2, 0.25) is 0 Å². The summed E-state index contributed by atoms with van der Waals surface area (Å²) in [6, 6.07) is 7.00. The number of carbonyl (C=O) groups excluding carboxylic acids is 1. The van der Waals surface area contributed by atoms with E-state index in [9.17, 15) is 4.79 Å². The summed E-state index contributed by atoms with van der Waals surface area (Å²) >= 11 is 3.23. The van der Waals surface area contributed by atoms with E-state index in [0.29, 0.717) is 16.6 Å². The zero-order valence-corrected chi connectivity index (χ0v) is 8.71. The quantitative estimate of drug-likeness (QED) is 0.606. The molecule has 3 nitrogen and oxygen atoms in total. The highest BCUT2D eigenvalue weighted by atomic mass is 79.9. The molecule has 0 fully saturated rings. The first-order chi connectivity index (χ1) is 6.25. The number of benzene rings is 1. The van der Waals surface area contributed by atoms with Crippen LogP contribution in [0.5, 0.6) is 0 Å². The zero-order chi connectivity index (χ0) is 9.68. The van der Waals surface area contributed by atoms with Crippen molar-refractivity contribution in [3.8, 4) is 0 Å². The van der Waals surface area contributed by atoms with Gasteiger partial charge in [-0.2, -0.15) is 4.89 Å². The van der Waals surface area contributed by atoms with Crippen LogP contribution in [-0.2, 0) is 9.78 Å². The van der Waals surface area contributed by atoms with Gasteiger partial charge >= 0.3 is 5.97 Å². The van der Waals surface area contributed by atoms with Crippen LogP contribution in [0, 0.1) is 0 Å². The predicted octanol–water partition coefficient (Wildman–Crippen LogP) is 2.56. The fraction of sp³-hybridized carbons (Fsp3) is 0.222. The van der Waals surface area contributed by atoms with E-state index in [1.165, 1.54) is 0 Å². The molecule has 0 atom stereocenters. The Balaban J connectivity index is 2.71. The second-order valence-electron chi connectivity index (χ2n) is 2.26. The Morgan fingerprint density at radius 2 is 2.15 bits per heavy atom. The third kappa shape index (κ3) is 2.82. The number of carbonyl (C=O) groups is 1. The Morgan fingerprint density at radius 1 is 1.46 bits per heavy atom. The minimum absolute atomic E-state index is 0.343. The summed E-state index contributed by atoms with van der Waals surface area (Å²) < 4.78 is 0.694. The lowest BCUT2D eigenvalue weighted by Crippen LogP contribution is -2.06. The average molecular weight is 245 g/mol. The van der Waals surface area contributed by atoms with Crippen LogP contribution in [-0.4, -0.2) is 12.6 Å². The molecule has 0 radical (unpaired) electrons. The molecule has 0 saturated carbocycles. The summed E-state index contributed by atoms with van der Waals surface area (Å²) in [4.78, 5) is 20.3. The minimum atomic E-state index is -0.491. The highest BCUT2D eigenvalue weighted by molar-refractivity contribution is 9.10. The first-order valence-electron chi connectivity index (χ1n) is 3.84. The van der Waals surface area contributed by atoms with Crippen molar-refractivity contribution in [1.82, 2.24) is 0 Å². The molecule has 0 heterocycles. The second kappa shape index (κ2) is 4.99. The molecule has 0 bridgehead atoms. The van der Waals surface area contributed by atoms with Gasteiger partial charge in [0, 0.05) is 4.47 Å². The lowest BCUT2D eigenvalue weighted by Gasteiger charge is -2.02. The van der Waals surface area contributed by atoms with Gasteiger partial charge in [-0.25, -0.2) is 4.79 Å². The van der Waals surface area contributed by atoms with Crippen molar-refractivity contribution in [2.45, 2.75) is 6.92 Å². The van der Waals surface area contributed by atoms with Crippen molar-refractivity contribution in [2.75, 3.05) is 6.61 Å². The van der Waals surface area contributed by atoms with E-state index in [1.54, 1.807) is 25.1 Å². The molecular weight excluding hydrogens is 236 g/mol. The van der Waals surface area contributed by atoms with Gasteiger partial charge in [-0.05, 0) is 35.0 Å². The molecule has 0 spiro atoms. The summed E-state index contributed by atoms with van der Waals surface area (Å²) in [7, 11) is 0. The predicted molar refractivity (Wildman–Crippen MR) is 51.2 cm³/mol. The van der Waals surface area contributed by atoms with Crippen LogP contribution in [0.25, 0.3) is 0 Å². The van der Waals surface area contributed by atoms with Crippen LogP contribution in [0.1, 0.15) is 17.3 Å². The van der Waals surface area contributed by atoms with E-state index in [4.69, 9.17) is 0 Å². The van der Waals surface area contributed by atoms with Gasteiger partial charge in [0.15, 0.2) is 0 Å². The number of rotatable bonds is 3. The molecular formula is C9H9BrO3. The van der Waals surface area contributed by atoms with Crippen LogP contribution in [0.4, 0.5) is 0 Å². The highest BCUT2D eigenvalue weighted by Gasteiger charge is 2.10. The van der Waals surface area contributed by atoms with Gasteiger partial charge in [-0.15, -0.1) is 0 Å². The van der Waals surface area contributed by atoms with E-state index in [2.05, 4.69) is 25.7 Å². The van der Waals surface area contributed by atoms with Crippen LogP contribution in [0.3, 0.4) is 0 Å². The molecule has 0 N–H and O–H groups in total. The maximum Gasteiger partial charge on any atom is 0.374 e. The monoisotopic (exact) mass is 244 g/mol. The van der Waals surface area contributed by atoms with Crippen molar-refractivity contribution in [3.05, 3.63) is 34.3 Å². The van der Waals surface area contributed by atoms with Crippen LogP contribution >= 0.6 is 15.9 Å². The third-order valence-electron chi connectivity index (χ3n) is 1.35. The largest absolute Gasteiger partial charge is 0.374 e. The number of halogens is 1. The SMILES string of the molecule is CCOOC(=O)c1ccccc1Br. The van der Waals surface area contributed by atoms with Crippen LogP contribution < -0.4 is 0 Å². The molecule has 70 valence electrons. The Morgan fingerprint density at radius 3 is 2.77 bits per heavy atom. The first kappa shape index (κ1) is 10.2. The Bertz CT molecular complexity index is 299. The van der Waals surface area contributed by atoms with Gasteiger partial charge in [0.25, 0.3) is 0 Å². The van der Waals surface area contributed by atoms with Gasteiger partial charge < -0.3 is 0 Å². The van der Waals surface area contributed by atoms with Gasteiger partial charge in [0.1, 0.15) is 0 Å². The summed E-state index contributed by atoms with van der Waals surface area (Å²) in [6.07, 6.45) is 0. The number of hydrogen-bond donors (Lipinski definition) is 0. The van der Waals surface area contributed by atoms with Crippen molar-refractivity contribution in [1.29, 1.82) is 0 Å². The molecule has 0 aromatic heterocycles. The van der Waals surface area contributed by atoms with Crippen LogP contribution in [0.2, 0.25) is 0 Å². The molecule has 0 saturated heterocycles. The molecule has 1 aromatic rings. The number of hydrogen-bond acceptors (Lipinski definition) is 3. The summed E-state index contributed by atoms with van der Waals surface area (Å²) in [6.45, 7) is 2.09. The van der Waals surface area contributed by atoms with E-state index in [0.717, 1.165) is 0 Å². The summed E-state index contributed by atoms with van der Waals surface area (Å²) in [5, 5.41) is 0. The van der Waals surface area contributed by atoms with Gasteiger partial charge in [0.05, 0.1) is 12.2 Å². The smallest absolute Gasteiger partial charge is 0.293 e. The van der Waals surface area contributed by atoms with Crippen molar-refractivity contribution in [2.24, 2.45) is 0 Å². The van der Waals surface area contributed by atoms with E-state index in [-0.39, 0.29) is 0 Å². The lowest BCUT2D eigenvalue weighted by molar-refractivity contribution is -0.236. The molecule has 1 rings (SSSR count). The average Bonchev–Trinajstić information content (AvgIpc) is 2.15. The minimum Gasteiger partial charge on any atom is -0.293 e.